The molecule has 1 aliphatic carbocycles. The van der Waals surface area contributed by atoms with E-state index in [0.29, 0.717) is 6.04 Å². The molecule has 3 nitrogen and oxygen atoms in total. The molecule has 0 amide bonds. The second-order valence-corrected chi connectivity index (χ2v) is 10.3. The van der Waals surface area contributed by atoms with Gasteiger partial charge in [0.15, 0.2) is 0 Å². The maximum atomic E-state index is 12.9. The summed E-state index contributed by atoms with van der Waals surface area (Å²) in [5, 5.41) is 0. The predicted octanol–water partition coefficient (Wildman–Crippen LogP) is 7.02. The molecule has 2 atom stereocenters. The van der Waals surface area contributed by atoms with E-state index in [4.69, 9.17) is 0 Å². The van der Waals surface area contributed by atoms with Gasteiger partial charge in [0, 0.05) is 44.7 Å². The maximum absolute atomic E-state index is 12.9. The number of hydrogen-bond donors (Lipinski definition) is 0. The first-order valence-electron chi connectivity index (χ1n) is 12.6. The molecule has 34 heavy (non-hydrogen) atoms. The minimum Gasteiger partial charge on any atom is -0.406 e. The summed E-state index contributed by atoms with van der Waals surface area (Å²) in [4.78, 5) is 5.04. The minimum absolute atomic E-state index is 0.0869. The summed E-state index contributed by atoms with van der Waals surface area (Å²) in [7, 11) is 0. The second-order valence-electron chi connectivity index (χ2n) is 10.3. The molecule has 0 radical (unpaired) electrons. The van der Waals surface area contributed by atoms with Crippen LogP contribution in [0.2, 0.25) is 0 Å². The fraction of sp³-hybridized carbons (Fsp3) is 0.571. The summed E-state index contributed by atoms with van der Waals surface area (Å²) in [5.74, 6) is 0.0681. The zero-order valence-corrected chi connectivity index (χ0v) is 20.4. The topological polar surface area (TPSA) is 15.7 Å². The van der Waals surface area contributed by atoms with E-state index in [9.17, 15) is 13.2 Å². The van der Waals surface area contributed by atoms with Crippen LogP contribution in [0, 0.1) is 5.41 Å². The van der Waals surface area contributed by atoms with Gasteiger partial charge in [-0.1, -0.05) is 68.7 Å². The molecule has 2 aromatic rings. The molecule has 2 fully saturated rings. The van der Waals surface area contributed by atoms with Crippen LogP contribution in [0.15, 0.2) is 54.6 Å². The summed E-state index contributed by atoms with van der Waals surface area (Å²) in [6.45, 7) is 9.42. The molecule has 0 unspecified atom stereocenters. The number of ether oxygens (including phenoxy) is 1. The van der Waals surface area contributed by atoms with E-state index in [1.165, 1.54) is 30.9 Å². The monoisotopic (exact) mass is 474 g/mol. The van der Waals surface area contributed by atoms with Crippen molar-refractivity contribution in [2.24, 2.45) is 5.41 Å². The predicted molar refractivity (Wildman–Crippen MR) is 130 cm³/mol. The van der Waals surface area contributed by atoms with Crippen molar-refractivity contribution in [2.75, 3.05) is 32.7 Å². The first-order chi connectivity index (χ1) is 16.2. The highest BCUT2D eigenvalue weighted by Crippen LogP contribution is 2.48. The lowest BCUT2D eigenvalue weighted by Gasteiger charge is -2.45. The summed E-state index contributed by atoms with van der Waals surface area (Å²) < 4.78 is 42.9. The molecule has 1 saturated carbocycles. The maximum Gasteiger partial charge on any atom is 0.573 e. The van der Waals surface area contributed by atoms with Crippen molar-refractivity contribution in [3.63, 3.8) is 0 Å². The van der Waals surface area contributed by atoms with Crippen molar-refractivity contribution < 1.29 is 17.9 Å². The average Bonchev–Trinajstić information content (AvgIpc) is 2.82. The van der Waals surface area contributed by atoms with Crippen molar-refractivity contribution in [2.45, 2.75) is 64.3 Å². The van der Waals surface area contributed by atoms with Gasteiger partial charge in [-0.2, -0.15) is 0 Å². The summed E-state index contributed by atoms with van der Waals surface area (Å²) in [6, 6.07) is 17.7. The van der Waals surface area contributed by atoms with Crippen LogP contribution in [0.4, 0.5) is 13.2 Å². The largest absolute Gasteiger partial charge is 0.573 e. The number of benzene rings is 2. The third kappa shape index (κ3) is 6.33. The Balaban J connectivity index is 1.47. The molecule has 1 saturated heterocycles. The molecule has 0 N–H and O–H groups in total. The smallest absolute Gasteiger partial charge is 0.406 e. The fourth-order valence-electron chi connectivity index (χ4n) is 5.90. The number of nitrogens with zero attached hydrogens (tertiary/aromatic N) is 2. The SMILES string of the molecule is C[C@@H](c1ccccc1)N1CCN(C[C@H](c2cccc(OC(F)(F)F)c2)C2(C)CCCCC2)CC1. The standard InChI is InChI=1S/C28H37F3N2O/c1-22(23-10-5-3-6-11-23)33-18-16-32(17-19-33)21-26(27(2)14-7-4-8-15-27)24-12-9-13-25(20-24)34-28(29,30)31/h3,5-6,9-13,20,22,26H,4,7-8,14-19,21H2,1-2H3/t22-,26+/m0/s1. The first-order valence-corrected chi connectivity index (χ1v) is 12.6. The number of hydrogen-bond acceptors (Lipinski definition) is 3. The van der Waals surface area contributed by atoms with Gasteiger partial charge in [0.1, 0.15) is 5.75 Å². The molecule has 0 spiro atoms. The highest BCUT2D eigenvalue weighted by molar-refractivity contribution is 5.33. The Labute approximate surface area is 201 Å². The molecular weight excluding hydrogens is 437 g/mol. The highest BCUT2D eigenvalue weighted by atomic mass is 19.4. The third-order valence-corrected chi connectivity index (χ3v) is 8.01. The second kappa shape index (κ2) is 10.7. The lowest BCUT2D eigenvalue weighted by atomic mass is 9.65. The van der Waals surface area contributed by atoms with Crippen molar-refractivity contribution in [3.8, 4) is 5.75 Å². The van der Waals surface area contributed by atoms with Gasteiger partial charge < -0.3 is 9.64 Å². The molecule has 0 aromatic heterocycles. The van der Waals surface area contributed by atoms with Gasteiger partial charge in [-0.3, -0.25) is 4.90 Å². The molecule has 186 valence electrons. The van der Waals surface area contributed by atoms with E-state index in [2.05, 4.69) is 58.7 Å². The molecule has 2 aliphatic rings. The van der Waals surface area contributed by atoms with E-state index < -0.39 is 6.36 Å². The molecule has 1 heterocycles. The summed E-state index contributed by atoms with van der Waals surface area (Å²) in [6.07, 6.45) is 1.19. The van der Waals surface area contributed by atoms with E-state index in [1.807, 2.05) is 6.07 Å². The van der Waals surface area contributed by atoms with Gasteiger partial charge in [-0.25, -0.2) is 0 Å². The van der Waals surface area contributed by atoms with E-state index in [1.54, 1.807) is 12.1 Å². The molecule has 0 bridgehead atoms. The minimum atomic E-state index is -4.67. The Morgan fingerprint density at radius 2 is 1.53 bits per heavy atom. The zero-order valence-electron chi connectivity index (χ0n) is 20.4. The van der Waals surface area contributed by atoms with E-state index in [-0.39, 0.29) is 17.1 Å². The van der Waals surface area contributed by atoms with Crippen LogP contribution in [0.5, 0.6) is 5.75 Å². The van der Waals surface area contributed by atoms with Gasteiger partial charge >= 0.3 is 6.36 Å². The molecule has 1 aliphatic heterocycles. The van der Waals surface area contributed by atoms with Gasteiger partial charge in [0.2, 0.25) is 0 Å². The van der Waals surface area contributed by atoms with Gasteiger partial charge in [0.25, 0.3) is 0 Å². The van der Waals surface area contributed by atoms with Gasteiger partial charge in [-0.15, -0.1) is 13.2 Å². The van der Waals surface area contributed by atoms with Crippen LogP contribution in [-0.2, 0) is 0 Å². The first kappa shape index (κ1) is 25.1. The van der Waals surface area contributed by atoms with Crippen molar-refractivity contribution >= 4 is 0 Å². The third-order valence-electron chi connectivity index (χ3n) is 8.01. The van der Waals surface area contributed by atoms with Crippen LogP contribution in [0.1, 0.15) is 69.0 Å². The molecule has 2 aromatic carbocycles. The molecular formula is C28H37F3N2O. The van der Waals surface area contributed by atoms with Crippen LogP contribution in [0.3, 0.4) is 0 Å². The fourth-order valence-corrected chi connectivity index (χ4v) is 5.90. The Bertz CT molecular complexity index is 903. The zero-order chi connectivity index (χ0) is 24.2. The quantitative estimate of drug-likeness (QED) is 0.429. The Morgan fingerprint density at radius 3 is 2.18 bits per heavy atom. The summed E-state index contributed by atoms with van der Waals surface area (Å²) in [5.41, 5.74) is 2.39. The van der Waals surface area contributed by atoms with Crippen LogP contribution in [0.25, 0.3) is 0 Å². The van der Waals surface area contributed by atoms with E-state index >= 15 is 0 Å². The lowest BCUT2D eigenvalue weighted by molar-refractivity contribution is -0.274. The normalized spacial score (nSPS) is 21.7. The summed E-state index contributed by atoms with van der Waals surface area (Å²) >= 11 is 0. The van der Waals surface area contributed by atoms with Crippen molar-refractivity contribution in [1.82, 2.24) is 9.80 Å². The number of halogens is 3. The average molecular weight is 475 g/mol. The van der Waals surface area contributed by atoms with Crippen molar-refractivity contribution in [1.29, 1.82) is 0 Å². The van der Waals surface area contributed by atoms with Crippen molar-refractivity contribution in [3.05, 3.63) is 65.7 Å². The molecule has 6 heteroatoms. The number of rotatable bonds is 7. The molecule has 4 rings (SSSR count). The number of alkyl halides is 3. The van der Waals surface area contributed by atoms with Crippen LogP contribution < -0.4 is 4.74 Å². The highest BCUT2D eigenvalue weighted by Gasteiger charge is 2.38. The van der Waals surface area contributed by atoms with Crippen LogP contribution in [-0.4, -0.2) is 48.9 Å². The Morgan fingerprint density at radius 1 is 0.882 bits per heavy atom. The van der Waals surface area contributed by atoms with Gasteiger partial charge in [0.05, 0.1) is 0 Å². The van der Waals surface area contributed by atoms with Gasteiger partial charge in [-0.05, 0) is 48.4 Å². The lowest BCUT2D eigenvalue weighted by Crippen LogP contribution is -2.49. The Kier molecular flexibility index (Phi) is 7.88. The van der Waals surface area contributed by atoms with E-state index in [0.717, 1.165) is 51.1 Å². The van der Waals surface area contributed by atoms with Crippen LogP contribution >= 0.6 is 0 Å². The Hall–Kier alpha value is -2.05. The number of piperazine rings is 1.